The van der Waals surface area contributed by atoms with Crippen molar-refractivity contribution in [3.05, 3.63) is 23.9 Å². The van der Waals surface area contributed by atoms with Crippen molar-refractivity contribution >= 4 is 11.7 Å². The third-order valence-corrected chi connectivity index (χ3v) is 1.99. The summed E-state index contributed by atoms with van der Waals surface area (Å²) in [6, 6.07) is 3.74. The normalized spacial score (nSPS) is 12.2. The Bertz CT molecular complexity index is 337. The molecule has 1 atom stereocenters. The number of aliphatic hydroxyl groups excluding tert-OH is 1. The van der Waals surface area contributed by atoms with Crippen molar-refractivity contribution in [2.45, 2.75) is 32.8 Å². The van der Waals surface area contributed by atoms with Gasteiger partial charge in [-0.05, 0) is 31.0 Å². The quantitative estimate of drug-likeness (QED) is 0.785. The van der Waals surface area contributed by atoms with E-state index in [1.54, 1.807) is 6.20 Å². The summed E-state index contributed by atoms with van der Waals surface area (Å²) in [5.41, 5.74) is 1.13. The van der Waals surface area contributed by atoms with Gasteiger partial charge in [0.05, 0.1) is 0 Å². The summed E-state index contributed by atoms with van der Waals surface area (Å²) >= 11 is 0. The van der Waals surface area contributed by atoms with Crippen LogP contribution in [0, 0.1) is 0 Å². The number of aliphatic hydroxyl groups is 1. The van der Waals surface area contributed by atoms with Crippen LogP contribution < -0.4 is 5.32 Å². The van der Waals surface area contributed by atoms with Gasteiger partial charge in [-0.2, -0.15) is 0 Å². The number of anilines is 1. The van der Waals surface area contributed by atoms with Gasteiger partial charge in [0.1, 0.15) is 11.9 Å². The monoisotopic (exact) mass is 208 g/mol. The number of pyridine rings is 1. The van der Waals surface area contributed by atoms with Crippen LogP contribution in [0.3, 0.4) is 0 Å². The Morgan fingerprint density at radius 2 is 2.40 bits per heavy atom. The van der Waals surface area contributed by atoms with Crippen molar-refractivity contribution < 1.29 is 9.90 Å². The number of rotatable bonds is 4. The molecule has 15 heavy (non-hydrogen) atoms. The van der Waals surface area contributed by atoms with E-state index in [4.69, 9.17) is 5.11 Å². The molecule has 0 spiro atoms. The van der Waals surface area contributed by atoms with Crippen LogP contribution in [0.5, 0.6) is 0 Å². The van der Waals surface area contributed by atoms with Gasteiger partial charge in [0.15, 0.2) is 0 Å². The zero-order valence-corrected chi connectivity index (χ0v) is 9.03. The number of carbonyl (C=O) groups is 1. The van der Waals surface area contributed by atoms with Gasteiger partial charge in [0, 0.05) is 6.20 Å². The number of nitrogens with one attached hydrogen (secondary N) is 1. The predicted molar refractivity (Wildman–Crippen MR) is 58.5 cm³/mol. The van der Waals surface area contributed by atoms with E-state index >= 15 is 0 Å². The second kappa shape index (κ2) is 5.46. The Balaban J connectivity index is 2.69. The summed E-state index contributed by atoms with van der Waals surface area (Å²) in [5, 5.41) is 11.6. The fourth-order valence-electron chi connectivity index (χ4n) is 1.22. The first-order chi connectivity index (χ1) is 7.13. The summed E-state index contributed by atoms with van der Waals surface area (Å²) in [4.78, 5) is 15.2. The van der Waals surface area contributed by atoms with Crippen LogP contribution in [0.4, 0.5) is 5.82 Å². The Labute approximate surface area is 89.3 Å². The minimum Gasteiger partial charge on any atom is -0.384 e. The molecule has 1 aromatic rings. The number of nitrogens with zero attached hydrogens (tertiary/aromatic N) is 1. The van der Waals surface area contributed by atoms with Crippen LogP contribution in [0.25, 0.3) is 0 Å². The second-order valence-corrected chi connectivity index (χ2v) is 3.46. The van der Waals surface area contributed by atoms with Crippen LogP contribution in [-0.2, 0) is 11.2 Å². The summed E-state index contributed by atoms with van der Waals surface area (Å²) < 4.78 is 0. The maximum atomic E-state index is 11.2. The minimum absolute atomic E-state index is 0.434. The fourth-order valence-corrected chi connectivity index (χ4v) is 1.22. The largest absolute Gasteiger partial charge is 0.384 e. The van der Waals surface area contributed by atoms with Crippen molar-refractivity contribution in [1.82, 2.24) is 4.98 Å². The molecular formula is C11H16N2O2. The Kier molecular flexibility index (Phi) is 4.24. The molecule has 4 nitrogen and oxygen atoms in total. The summed E-state index contributed by atoms with van der Waals surface area (Å²) in [6.45, 7) is 3.51. The van der Waals surface area contributed by atoms with Crippen LogP contribution in [0.1, 0.15) is 25.8 Å². The molecule has 0 saturated heterocycles. The van der Waals surface area contributed by atoms with Crippen molar-refractivity contribution in [2.24, 2.45) is 0 Å². The second-order valence-electron chi connectivity index (χ2n) is 3.46. The maximum absolute atomic E-state index is 11.2. The number of aromatic nitrogens is 1. The van der Waals surface area contributed by atoms with Gasteiger partial charge in [-0.25, -0.2) is 4.98 Å². The number of hydrogen-bond donors (Lipinski definition) is 2. The summed E-state index contributed by atoms with van der Waals surface area (Å²) in [7, 11) is 0. The Morgan fingerprint density at radius 3 is 3.00 bits per heavy atom. The molecule has 1 heterocycles. The van der Waals surface area contributed by atoms with Crippen molar-refractivity contribution in [2.75, 3.05) is 5.32 Å². The molecule has 2 N–H and O–H groups in total. The highest BCUT2D eigenvalue weighted by atomic mass is 16.3. The standard InChI is InChI=1S/C11H16N2O2/c1-3-4-9-5-6-12-10(7-9)13-11(15)8(2)14/h5-8,14H,3-4H2,1-2H3,(H,12,13,15). The predicted octanol–water partition coefficient (Wildman–Crippen LogP) is 1.35. The van der Waals surface area contributed by atoms with E-state index in [0.29, 0.717) is 5.82 Å². The lowest BCUT2D eigenvalue weighted by atomic mass is 10.1. The summed E-state index contributed by atoms with van der Waals surface area (Å²) in [6.07, 6.45) is 2.65. The number of aryl methyl sites for hydroxylation is 1. The SMILES string of the molecule is CCCc1ccnc(NC(=O)C(C)O)c1. The molecule has 1 aromatic heterocycles. The van der Waals surface area contributed by atoms with Gasteiger partial charge in [0.2, 0.25) is 0 Å². The lowest BCUT2D eigenvalue weighted by Crippen LogP contribution is -2.24. The van der Waals surface area contributed by atoms with Crippen LogP contribution >= 0.6 is 0 Å². The Morgan fingerprint density at radius 1 is 1.67 bits per heavy atom. The first kappa shape index (κ1) is 11.7. The highest BCUT2D eigenvalue weighted by Gasteiger charge is 2.09. The molecule has 0 aliphatic heterocycles. The van der Waals surface area contributed by atoms with E-state index in [-0.39, 0.29) is 0 Å². The zero-order valence-electron chi connectivity index (χ0n) is 9.03. The molecule has 1 unspecified atom stereocenters. The molecule has 4 heteroatoms. The van der Waals surface area contributed by atoms with Crippen LogP contribution in [0.2, 0.25) is 0 Å². The van der Waals surface area contributed by atoms with E-state index in [9.17, 15) is 4.79 Å². The van der Waals surface area contributed by atoms with Crippen LogP contribution in [-0.4, -0.2) is 22.1 Å². The third kappa shape index (κ3) is 3.67. The number of hydrogen-bond acceptors (Lipinski definition) is 3. The number of amides is 1. The van der Waals surface area contributed by atoms with E-state index in [1.165, 1.54) is 6.92 Å². The topological polar surface area (TPSA) is 62.2 Å². The molecule has 0 aliphatic carbocycles. The van der Waals surface area contributed by atoms with Gasteiger partial charge < -0.3 is 10.4 Å². The van der Waals surface area contributed by atoms with Gasteiger partial charge in [-0.3, -0.25) is 4.79 Å². The average molecular weight is 208 g/mol. The smallest absolute Gasteiger partial charge is 0.254 e. The first-order valence-corrected chi connectivity index (χ1v) is 5.07. The highest BCUT2D eigenvalue weighted by Crippen LogP contribution is 2.09. The number of carbonyl (C=O) groups excluding carboxylic acids is 1. The van der Waals surface area contributed by atoms with Gasteiger partial charge in [0.25, 0.3) is 5.91 Å². The zero-order chi connectivity index (χ0) is 11.3. The van der Waals surface area contributed by atoms with E-state index in [0.717, 1.165) is 18.4 Å². The molecule has 1 amide bonds. The molecule has 1 rings (SSSR count). The minimum atomic E-state index is -1.01. The highest BCUT2D eigenvalue weighted by molar-refractivity contribution is 5.92. The molecule has 0 aliphatic rings. The van der Waals surface area contributed by atoms with Gasteiger partial charge in [-0.15, -0.1) is 0 Å². The fraction of sp³-hybridized carbons (Fsp3) is 0.455. The lowest BCUT2D eigenvalue weighted by molar-refractivity contribution is -0.123. The first-order valence-electron chi connectivity index (χ1n) is 5.07. The lowest BCUT2D eigenvalue weighted by Gasteiger charge is -2.07. The molecule has 0 saturated carbocycles. The average Bonchev–Trinajstić information content (AvgIpc) is 2.18. The van der Waals surface area contributed by atoms with Crippen LogP contribution in [0.15, 0.2) is 18.3 Å². The van der Waals surface area contributed by atoms with Crippen molar-refractivity contribution in [1.29, 1.82) is 0 Å². The molecule has 0 bridgehead atoms. The van der Waals surface area contributed by atoms with E-state index in [1.807, 2.05) is 12.1 Å². The van der Waals surface area contributed by atoms with Crippen molar-refractivity contribution in [3.63, 3.8) is 0 Å². The van der Waals surface area contributed by atoms with Crippen molar-refractivity contribution in [3.8, 4) is 0 Å². The maximum Gasteiger partial charge on any atom is 0.254 e. The van der Waals surface area contributed by atoms with Gasteiger partial charge >= 0.3 is 0 Å². The Hall–Kier alpha value is -1.42. The molecule has 0 fully saturated rings. The molecule has 82 valence electrons. The molecule has 0 radical (unpaired) electrons. The molecule has 0 aromatic carbocycles. The van der Waals surface area contributed by atoms with Gasteiger partial charge in [-0.1, -0.05) is 13.3 Å². The van der Waals surface area contributed by atoms with E-state index < -0.39 is 12.0 Å². The summed E-state index contributed by atoms with van der Waals surface area (Å²) in [5.74, 6) is 0.0583. The third-order valence-electron chi connectivity index (χ3n) is 1.99. The molecular weight excluding hydrogens is 192 g/mol. The van der Waals surface area contributed by atoms with E-state index in [2.05, 4.69) is 17.2 Å².